The maximum Gasteiger partial charge on any atom is 0.143 e. The maximum absolute atomic E-state index is 10.3. The van der Waals surface area contributed by atoms with E-state index in [2.05, 4.69) is 17.2 Å². The molecule has 0 atom stereocenters. The Morgan fingerprint density at radius 3 is 2.72 bits per heavy atom. The summed E-state index contributed by atoms with van der Waals surface area (Å²) in [5, 5.41) is 10.3. The van der Waals surface area contributed by atoms with Gasteiger partial charge in [-0.15, -0.1) is 0 Å². The molecule has 3 N–H and O–H groups in total. The summed E-state index contributed by atoms with van der Waals surface area (Å²) < 4.78 is 2.00. The molecule has 0 aliphatic heterocycles. The van der Waals surface area contributed by atoms with E-state index >= 15 is 0 Å². The summed E-state index contributed by atoms with van der Waals surface area (Å²) in [6, 6.07) is 2.10. The van der Waals surface area contributed by atoms with Crippen molar-refractivity contribution in [3.8, 4) is 0 Å². The van der Waals surface area contributed by atoms with Gasteiger partial charge in [-0.05, 0) is 44.2 Å². The molecule has 3 rings (SSSR count). The highest BCUT2D eigenvalue weighted by atomic mass is 16.3. The van der Waals surface area contributed by atoms with Crippen LogP contribution in [0, 0.1) is 0 Å². The number of imidazole rings is 1. The van der Waals surface area contributed by atoms with Gasteiger partial charge in [-0.2, -0.15) is 0 Å². The molecule has 96 valence electrons. The SMILES string of the molecule is CC(C)(O)c1cc(C2CC2)cn2cc(CN)nc12. The van der Waals surface area contributed by atoms with E-state index in [-0.39, 0.29) is 0 Å². The fourth-order valence-corrected chi connectivity index (χ4v) is 2.36. The number of nitrogens with zero attached hydrogens (tertiary/aromatic N) is 2. The van der Waals surface area contributed by atoms with Crippen LogP contribution in [0.3, 0.4) is 0 Å². The van der Waals surface area contributed by atoms with E-state index in [0.717, 1.165) is 16.9 Å². The molecular weight excluding hydrogens is 226 g/mol. The summed E-state index contributed by atoms with van der Waals surface area (Å²) >= 11 is 0. The predicted molar refractivity (Wildman–Crippen MR) is 70.3 cm³/mol. The van der Waals surface area contributed by atoms with Crippen LogP contribution in [-0.4, -0.2) is 14.5 Å². The van der Waals surface area contributed by atoms with Crippen LogP contribution in [0.5, 0.6) is 0 Å². The topological polar surface area (TPSA) is 63.5 Å². The Kier molecular flexibility index (Phi) is 2.47. The van der Waals surface area contributed by atoms with Gasteiger partial charge in [0, 0.05) is 24.5 Å². The van der Waals surface area contributed by atoms with Crippen molar-refractivity contribution in [2.45, 2.75) is 44.8 Å². The van der Waals surface area contributed by atoms with Gasteiger partial charge >= 0.3 is 0 Å². The van der Waals surface area contributed by atoms with Crippen molar-refractivity contribution >= 4 is 5.65 Å². The van der Waals surface area contributed by atoms with Gasteiger partial charge < -0.3 is 15.2 Å². The highest BCUT2D eigenvalue weighted by molar-refractivity contribution is 5.54. The zero-order valence-corrected chi connectivity index (χ0v) is 10.8. The Balaban J connectivity index is 2.25. The minimum Gasteiger partial charge on any atom is -0.386 e. The van der Waals surface area contributed by atoms with Gasteiger partial charge in [0.25, 0.3) is 0 Å². The van der Waals surface area contributed by atoms with Crippen LogP contribution < -0.4 is 5.73 Å². The molecular formula is C14H19N3O. The Morgan fingerprint density at radius 1 is 1.44 bits per heavy atom. The largest absolute Gasteiger partial charge is 0.386 e. The quantitative estimate of drug-likeness (QED) is 0.868. The second-order valence-electron chi connectivity index (χ2n) is 5.69. The van der Waals surface area contributed by atoms with Crippen molar-refractivity contribution in [1.29, 1.82) is 0 Å². The van der Waals surface area contributed by atoms with Crippen LogP contribution in [0.15, 0.2) is 18.5 Å². The van der Waals surface area contributed by atoms with Gasteiger partial charge in [-0.25, -0.2) is 4.98 Å². The number of nitrogens with two attached hydrogens (primary N) is 1. The number of rotatable bonds is 3. The molecule has 0 spiro atoms. The lowest BCUT2D eigenvalue weighted by molar-refractivity contribution is 0.0795. The number of aromatic nitrogens is 2. The smallest absolute Gasteiger partial charge is 0.143 e. The van der Waals surface area contributed by atoms with Crippen LogP contribution >= 0.6 is 0 Å². The predicted octanol–water partition coefficient (Wildman–Crippen LogP) is 1.90. The molecule has 0 aromatic carbocycles. The number of pyridine rings is 1. The molecule has 2 aromatic heterocycles. The monoisotopic (exact) mass is 245 g/mol. The van der Waals surface area contributed by atoms with Gasteiger partial charge in [0.2, 0.25) is 0 Å². The molecule has 0 amide bonds. The van der Waals surface area contributed by atoms with Crippen molar-refractivity contribution in [2.75, 3.05) is 0 Å². The number of fused-ring (bicyclic) bond motifs is 1. The molecule has 4 heteroatoms. The Bertz CT molecular complexity index is 591. The van der Waals surface area contributed by atoms with Crippen LogP contribution in [0.2, 0.25) is 0 Å². The minimum atomic E-state index is -0.886. The van der Waals surface area contributed by atoms with Crippen LogP contribution in [-0.2, 0) is 12.1 Å². The Hall–Kier alpha value is -1.39. The Morgan fingerprint density at radius 2 is 2.17 bits per heavy atom. The third kappa shape index (κ3) is 1.91. The van der Waals surface area contributed by atoms with Crippen molar-refractivity contribution in [3.63, 3.8) is 0 Å². The lowest BCUT2D eigenvalue weighted by Gasteiger charge is -2.19. The summed E-state index contributed by atoms with van der Waals surface area (Å²) in [7, 11) is 0. The van der Waals surface area contributed by atoms with Gasteiger partial charge in [0.05, 0.1) is 11.3 Å². The summed E-state index contributed by atoms with van der Waals surface area (Å²) in [6.07, 6.45) is 6.56. The molecule has 4 nitrogen and oxygen atoms in total. The molecule has 0 bridgehead atoms. The van der Waals surface area contributed by atoms with E-state index in [1.54, 1.807) is 13.8 Å². The number of hydrogen-bond donors (Lipinski definition) is 2. The first kappa shape index (κ1) is 11.7. The zero-order chi connectivity index (χ0) is 12.9. The van der Waals surface area contributed by atoms with Gasteiger partial charge in [0.1, 0.15) is 5.65 Å². The fraction of sp³-hybridized carbons (Fsp3) is 0.500. The van der Waals surface area contributed by atoms with Crippen LogP contribution in [0.25, 0.3) is 5.65 Å². The van der Waals surface area contributed by atoms with E-state index in [1.165, 1.54) is 18.4 Å². The molecule has 0 radical (unpaired) electrons. The van der Waals surface area contributed by atoms with E-state index < -0.39 is 5.60 Å². The van der Waals surface area contributed by atoms with E-state index in [9.17, 15) is 5.11 Å². The lowest BCUT2D eigenvalue weighted by Crippen LogP contribution is -2.17. The van der Waals surface area contributed by atoms with Crippen molar-refractivity contribution in [2.24, 2.45) is 5.73 Å². The number of hydrogen-bond acceptors (Lipinski definition) is 3. The standard InChI is InChI=1S/C14H19N3O/c1-14(2,18)12-5-10(9-3-4-9)7-17-8-11(6-15)16-13(12)17/h5,7-9,18H,3-4,6,15H2,1-2H3. The molecule has 2 aromatic rings. The molecule has 0 saturated heterocycles. The van der Waals surface area contributed by atoms with Gasteiger partial charge in [-0.3, -0.25) is 0 Å². The normalized spacial score (nSPS) is 16.4. The molecule has 1 aliphatic rings. The lowest BCUT2D eigenvalue weighted by atomic mass is 9.97. The molecule has 2 heterocycles. The van der Waals surface area contributed by atoms with Crippen molar-refractivity contribution in [1.82, 2.24) is 9.38 Å². The van der Waals surface area contributed by atoms with Gasteiger partial charge in [0.15, 0.2) is 0 Å². The van der Waals surface area contributed by atoms with E-state index in [0.29, 0.717) is 12.5 Å². The first-order chi connectivity index (χ1) is 8.49. The highest BCUT2D eigenvalue weighted by Gasteiger charge is 2.28. The second-order valence-corrected chi connectivity index (χ2v) is 5.69. The fourth-order valence-electron chi connectivity index (χ4n) is 2.36. The zero-order valence-electron chi connectivity index (χ0n) is 10.8. The maximum atomic E-state index is 10.3. The Labute approximate surface area is 106 Å². The van der Waals surface area contributed by atoms with Crippen molar-refractivity contribution in [3.05, 3.63) is 35.3 Å². The average Bonchev–Trinajstić information content (AvgIpc) is 3.06. The molecule has 0 unspecified atom stereocenters. The highest BCUT2D eigenvalue weighted by Crippen LogP contribution is 2.41. The summed E-state index contributed by atoms with van der Waals surface area (Å²) in [4.78, 5) is 4.50. The summed E-state index contributed by atoms with van der Waals surface area (Å²) in [6.45, 7) is 4.03. The van der Waals surface area contributed by atoms with Crippen molar-refractivity contribution < 1.29 is 5.11 Å². The first-order valence-electron chi connectivity index (χ1n) is 6.43. The third-order valence-electron chi connectivity index (χ3n) is 3.54. The molecule has 1 aliphatic carbocycles. The average molecular weight is 245 g/mol. The van der Waals surface area contributed by atoms with Crippen LogP contribution in [0.4, 0.5) is 0 Å². The summed E-state index contributed by atoms with van der Waals surface area (Å²) in [5.74, 6) is 0.652. The van der Waals surface area contributed by atoms with Crippen LogP contribution in [0.1, 0.15) is 49.4 Å². The molecule has 1 fully saturated rings. The van der Waals surface area contributed by atoms with Gasteiger partial charge in [-0.1, -0.05) is 0 Å². The molecule has 18 heavy (non-hydrogen) atoms. The van der Waals surface area contributed by atoms with E-state index in [4.69, 9.17) is 5.73 Å². The summed E-state index contributed by atoms with van der Waals surface area (Å²) in [5.41, 5.74) is 8.60. The second kappa shape index (κ2) is 3.80. The number of aliphatic hydroxyl groups is 1. The third-order valence-corrected chi connectivity index (χ3v) is 3.54. The molecule has 1 saturated carbocycles. The first-order valence-corrected chi connectivity index (χ1v) is 6.43. The van der Waals surface area contributed by atoms with E-state index in [1.807, 2.05) is 10.6 Å². The minimum absolute atomic E-state index is 0.422.